The summed E-state index contributed by atoms with van der Waals surface area (Å²) in [5.74, 6) is -0.998. The molecule has 0 bridgehead atoms. The highest BCUT2D eigenvalue weighted by molar-refractivity contribution is 6.30. The molecule has 1 rings (SSSR count). The van der Waals surface area contributed by atoms with Gasteiger partial charge < -0.3 is 4.74 Å². The summed E-state index contributed by atoms with van der Waals surface area (Å²) in [6.07, 6.45) is 0.991. The Hall–Kier alpha value is -1.16. The molecule has 0 spiro atoms. The Morgan fingerprint density at radius 2 is 2.43 bits per heavy atom. The Labute approximate surface area is 85.9 Å². The van der Waals surface area contributed by atoms with Gasteiger partial charge >= 0.3 is 5.97 Å². The standard InChI is InChI=1S/C9H9ClFNO2/c1-2-14-9(13)4-6-3-7(10)8(11)5-12-6/h3,5H,2,4H2,1H3. The zero-order valence-electron chi connectivity index (χ0n) is 7.59. The van der Waals surface area contributed by atoms with Gasteiger partial charge in [0.2, 0.25) is 0 Å². The molecule has 0 aliphatic rings. The van der Waals surface area contributed by atoms with Gasteiger partial charge in [-0.3, -0.25) is 9.78 Å². The summed E-state index contributed by atoms with van der Waals surface area (Å²) in [7, 11) is 0. The lowest BCUT2D eigenvalue weighted by molar-refractivity contribution is -0.142. The predicted octanol–water partition coefficient (Wildman–Crippen LogP) is 1.98. The molecular weight excluding hydrogens is 209 g/mol. The van der Waals surface area contributed by atoms with Crippen LogP contribution < -0.4 is 0 Å². The van der Waals surface area contributed by atoms with E-state index in [9.17, 15) is 9.18 Å². The quantitative estimate of drug-likeness (QED) is 0.727. The van der Waals surface area contributed by atoms with Crippen molar-refractivity contribution < 1.29 is 13.9 Å². The van der Waals surface area contributed by atoms with E-state index in [-0.39, 0.29) is 11.4 Å². The first kappa shape index (κ1) is 10.9. The third-order valence-corrected chi connectivity index (χ3v) is 1.79. The number of nitrogens with zero attached hydrogens (tertiary/aromatic N) is 1. The van der Waals surface area contributed by atoms with E-state index in [2.05, 4.69) is 4.98 Å². The minimum absolute atomic E-state index is 0.00778. The van der Waals surface area contributed by atoms with E-state index in [0.717, 1.165) is 6.20 Å². The molecule has 0 radical (unpaired) electrons. The number of rotatable bonds is 3. The smallest absolute Gasteiger partial charge is 0.311 e. The Balaban J connectivity index is 2.68. The first-order chi connectivity index (χ1) is 6.63. The van der Waals surface area contributed by atoms with Crippen LogP contribution in [0.1, 0.15) is 12.6 Å². The lowest BCUT2D eigenvalue weighted by Crippen LogP contribution is -2.08. The van der Waals surface area contributed by atoms with Crippen molar-refractivity contribution in [3.63, 3.8) is 0 Å². The largest absolute Gasteiger partial charge is 0.466 e. The van der Waals surface area contributed by atoms with Crippen molar-refractivity contribution in [2.45, 2.75) is 13.3 Å². The molecule has 76 valence electrons. The van der Waals surface area contributed by atoms with Crippen LogP contribution in [-0.2, 0) is 16.0 Å². The van der Waals surface area contributed by atoms with Gasteiger partial charge in [0.25, 0.3) is 0 Å². The van der Waals surface area contributed by atoms with Crippen molar-refractivity contribution >= 4 is 17.6 Å². The maximum Gasteiger partial charge on any atom is 0.311 e. The van der Waals surface area contributed by atoms with Gasteiger partial charge in [0.1, 0.15) is 0 Å². The van der Waals surface area contributed by atoms with E-state index >= 15 is 0 Å². The van der Waals surface area contributed by atoms with Gasteiger partial charge in [-0.2, -0.15) is 0 Å². The summed E-state index contributed by atoms with van der Waals surface area (Å²) >= 11 is 5.51. The van der Waals surface area contributed by atoms with Crippen molar-refractivity contribution in [1.82, 2.24) is 4.98 Å². The number of pyridine rings is 1. The number of carbonyl (C=O) groups excluding carboxylic acids is 1. The second-order valence-electron chi connectivity index (χ2n) is 2.57. The van der Waals surface area contributed by atoms with Crippen molar-refractivity contribution in [1.29, 1.82) is 0 Å². The zero-order chi connectivity index (χ0) is 10.6. The molecule has 3 nitrogen and oxygen atoms in total. The normalized spacial score (nSPS) is 9.93. The molecule has 0 fully saturated rings. The van der Waals surface area contributed by atoms with E-state index in [1.807, 2.05) is 0 Å². The molecule has 0 aromatic carbocycles. The fourth-order valence-electron chi connectivity index (χ4n) is 0.910. The maximum atomic E-state index is 12.7. The molecule has 0 aliphatic carbocycles. The van der Waals surface area contributed by atoms with Crippen molar-refractivity contribution in [2.75, 3.05) is 6.61 Å². The number of carbonyl (C=O) groups is 1. The topological polar surface area (TPSA) is 39.2 Å². The average Bonchev–Trinajstić information content (AvgIpc) is 2.12. The minimum atomic E-state index is -0.598. The van der Waals surface area contributed by atoms with Crippen molar-refractivity contribution in [2.24, 2.45) is 0 Å². The van der Waals surface area contributed by atoms with E-state index in [1.54, 1.807) is 6.92 Å². The molecule has 1 heterocycles. The Morgan fingerprint density at radius 1 is 1.71 bits per heavy atom. The number of aromatic nitrogens is 1. The summed E-state index contributed by atoms with van der Waals surface area (Å²) in [5.41, 5.74) is 0.398. The molecular formula is C9H9ClFNO2. The van der Waals surface area contributed by atoms with Gasteiger partial charge in [-0.1, -0.05) is 11.6 Å². The van der Waals surface area contributed by atoms with Crippen LogP contribution in [0.5, 0.6) is 0 Å². The lowest BCUT2D eigenvalue weighted by Gasteiger charge is -2.01. The number of hydrogen-bond donors (Lipinski definition) is 0. The van der Waals surface area contributed by atoms with Crippen LogP contribution in [0.2, 0.25) is 5.02 Å². The molecule has 0 N–H and O–H groups in total. The van der Waals surface area contributed by atoms with Crippen LogP contribution >= 0.6 is 11.6 Å². The minimum Gasteiger partial charge on any atom is -0.466 e. The third-order valence-electron chi connectivity index (χ3n) is 1.50. The molecule has 0 saturated carbocycles. The van der Waals surface area contributed by atoms with Gasteiger partial charge in [0, 0.05) is 0 Å². The third kappa shape index (κ3) is 2.96. The first-order valence-electron chi connectivity index (χ1n) is 4.09. The second kappa shape index (κ2) is 4.91. The van der Waals surface area contributed by atoms with Crippen molar-refractivity contribution in [3.8, 4) is 0 Å². The average molecular weight is 218 g/mol. The van der Waals surface area contributed by atoms with E-state index in [1.165, 1.54) is 6.07 Å². The van der Waals surface area contributed by atoms with Gasteiger partial charge in [-0.25, -0.2) is 4.39 Å². The highest BCUT2D eigenvalue weighted by Crippen LogP contribution is 2.14. The van der Waals surface area contributed by atoms with Gasteiger partial charge in [0.05, 0.1) is 29.9 Å². The maximum absolute atomic E-state index is 12.7. The second-order valence-corrected chi connectivity index (χ2v) is 2.98. The summed E-state index contributed by atoms with van der Waals surface area (Å²) in [5, 5.41) is -0.0423. The van der Waals surface area contributed by atoms with Gasteiger partial charge in [0.15, 0.2) is 5.82 Å². The van der Waals surface area contributed by atoms with Crippen LogP contribution in [0, 0.1) is 5.82 Å². The molecule has 0 atom stereocenters. The number of halogens is 2. The number of hydrogen-bond acceptors (Lipinski definition) is 3. The highest BCUT2D eigenvalue weighted by atomic mass is 35.5. The predicted molar refractivity (Wildman–Crippen MR) is 49.5 cm³/mol. The molecule has 0 amide bonds. The molecule has 14 heavy (non-hydrogen) atoms. The van der Waals surface area contributed by atoms with Crippen LogP contribution in [0.3, 0.4) is 0 Å². The Kier molecular flexibility index (Phi) is 3.83. The number of ether oxygens (including phenoxy) is 1. The van der Waals surface area contributed by atoms with Crippen molar-refractivity contribution in [3.05, 3.63) is 28.8 Å². The van der Waals surface area contributed by atoms with Crippen LogP contribution in [0.25, 0.3) is 0 Å². The van der Waals surface area contributed by atoms with Crippen LogP contribution in [0.4, 0.5) is 4.39 Å². The monoisotopic (exact) mass is 217 g/mol. The summed E-state index contributed by atoms with van der Waals surface area (Å²) in [6.45, 7) is 2.02. The van der Waals surface area contributed by atoms with E-state index in [4.69, 9.17) is 16.3 Å². The SMILES string of the molecule is CCOC(=O)Cc1cc(Cl)c(F)cn1. The van der Waals surface area contributed by atoms with Crippen LogP contribution in [0.15, 0.2) is 12.3 Å². The molecule has 0 unspecified atom stereocenters. The fraction of sp³-hybridized carbons (Fsp3) is 0.333. The highest BCUT2D eigenvalue weighted by Gasteiger charge is 2.07. The summed E-state index contributed by atoms with van der Waals surface area (Å²) in [4.78, 5) is 14.7. The molecule has 0 aliphatic heterocycles. The zero-order valence-corrected chi connectivity index (χ0v) is 8.34. The molecule has 1 aromatic rings. The Morgan fingerprint density at radius 3 is 3.00 bits per heavy atom. The fourth-order valence-corrected chi connectivity index (χ4v) is 1.09. The molecule has 1 aromatic heterocycles. The van der Waals surface area contributed by atoms with Crippen LogP contribution in [-0.4, -0.2) is 17.6 Å². The summed E-state index contributed by atoms with van der Waals surface area (Å²) < 4.78 is 17.4. The lowest BCUT2D eigenvalue weighted by atomic mass is 10.3. The van der Waals surface area contributed by atoms with E-state index in [0.29, 0.717) is 12.3 Å². The van der Waals surface area contributed by atoms with Gasteiger partial charge in [-0.15, -0.1) is 0 Å². The molecule has 0 saturated heterocycles. The summed E-state index contributed by atoms with van der Waals surface area (Å²) in [6, 6.07) is 1.31. The number of esters is 1. The first-order valence-corrected chi connectivity index (χ1v) is 4.46. The van der Waals surface area contributed by atoms with Gasteiger partial charge in [-0.05, 0) is 13.0 Å². The van der Waals surface area contributed by atoms with E-state index < -0.39 is 11.8 Å². The molecule has 5 heteroatoms. The Bertz CT molecular complexity index is 344.